The van der Waals surface area contributed by atoms with Crippen LogP contribution in [0.5, 0.6) is 0 Å². The number of hydrogen-bond donors (Lipinski definition) is 0. The molecule has 1 heterocycles. The van der Waals surface area contributed by atoms with E-state index >= 15 is 0 Å². The van der Waals surface area contributed by atoms with Crippen LogP contribution in [-0.2, 0) is 23.3 Å². The summed E-state index contributed by atoms with van der Waals surface area (Å²) in [4.78, 5) is 25.3. The molecule has 3 aromatic rings. The monoisotopic (exact) mass is 652 g/mol. The first-order valence-electron chi connectivity index (χ1n) is 15.8. The van der Waals surface area contributed by atoms with Gasteiger partial charge in [-0.3, -0.25) is 9.79 Å². The van der Waals surface area contributed by atoms with Gasteiger partial charge in [0.1, 0.15) is 12.4 Å². The molecule has 0 radical (unpaired) electrons. The van der Waals surface area contributed by atoms with Crippen LogP contribution in [-0.4, -0.2) is 65.0 Å². The molecule has 0 bridgehead atoms. The summed E-state index contributed by atoms with van der Waals surface area (Å²) < 4.78 is 52.5. The van der Waals surface area contributed by atoms with E-state index in [4.69, 9.17) is 4.99 Å². The second-order valence-corrected chi connectivity index (χ2v) is 12.6. The van der Waals surface area contributed by atoms with E-state index in [-0.39, 0.29) is 18.3 Å². The van der Waals surface area contributed by atoms with Crippen LogP contribution < -0.4 is 0 Å². The number of alkyl halides is 3. The van der Waals surface area contributed by atoms with E-state index in [1.54, 1.807) is 23.9 Å². The maximum absolute atomic E-state index is 14.1. The first-order chi connectivity index (χ1) is 22.1. The van der Waals surface area contributed by atoms with Crippen LogP contribution in [0, 0.1) is 5.82 Å². The number of benzene rings is 3. The van der Waals surface area contributed by atoms with Crippen LogP contribution in [0.1, 0.15) is 49.8 Å². The zero-order chi connectivity index (χ0) is 32.7. The average molecular weight is 653 g/mol. The number of nitrogens with zero attached hydrogens (tertiary/aromatic N) is 4. The predicted molar refractivity (Wildman–Crippen MR) is 178 cm³/mol. The molecule has 0 N–H and O–H groups in total. The van der Waals surface area contributed by atoms with E-state index < -0.39 is 11.7 Å². The SMILES string of the molecule is CCN(CC)CCN(Cc1ccc(-c2ccc(C(F)(F)F)cc2)cc1)C(=O)CN1C(SCc2ccc(F)cc2)=NCC2=C1CCC2. The third-order valence-electron chi connectivity index (χ3n) is 8.64. The minimum absolute atomic E-state index is 0.00899. The van der Waals surface area contributed by atoms with Crippen LogP contribution in [0.25, 0.3) is 11.1 Å². The van der Waals surface area contributed by atoms with Gasteiger partial charge in [0.2, 0.25) is 5.91 Å². The summed E-state index contributed by atoms with van der Waals surface area (Å²) in [6, 6.07) is 19.3. The van der Waals surface area contributed by atoms with Crippen molar-refractivity contribution in [3.05, 3.63) is 107 Å². The first kappa shape index (κ1) is 33.7. The summed E-state index contributed by atoms with van der Waals surface area (Å²) in [7, 11) is 0. The Balaban J connectivity index is 1.31. The predicted octanol–water partition coefficient (Wildman–Crippen LogP) is 8.22. The Morgan fingerprint density at radius 3 is 2.13 bits per heavy atom. The summed E-state index contributed by atoms with van der Waals surface area (Å²) in [6.45, 7) is 8.57. The zero-order valence-corrected chi connectivity index (χ0v) is 27.1. The Kier molecular flexibility index (Phi) is 11.2. The van der Waals surface area contributed by atoms with Crippen LogP contribution in [0.4, 0.5) is 17.6 Å². The van der Waals surface area contributed by atoms with Crippen LogP contribution in [0.3, 0.4) is 0 Å². The molecule has 0 saturated heterocycles. The molecule has 46 heavy (non-hydrogen) atoms. The third kappa shape index (κ3) is 8.59. The van der Waals surface area contributed by atoms with Crippen molar-refractivity contribution in [2.75, 3.05) is 39.3 Å². The van der Waals surface area contributed by atoms with Gasteiger partial charge in [-0.2, -0.15) is 13.2 Å². The molecule has 0 aromatic heterocycles. The lowest BCUT2D eigenvalue weighted by Gasteiger charge is -2.33. The standard InChI is InChI=1S/C36H40F4N4OS/c1-3-42(4-2)20-21-43(23-26-8-12-28(13-9-26)29-14-16-31(17-15-29)36(38,39)40)34(45)24-44-33-7-5-6-30(33)22-41-35(44)46-25-27-10-18-32(37)19-11-27/h8-19H,3-7,20-25H2,1-2H3. The number of thioether (sulfide) groups is 1. The van der Waals surface area contributed by atoms with Gasteiger partial charge in [-0.1, -0.05) is 74.1 Å². The maximum Gasteiger partial charge on any atom is 0.416 e. The number of hydrogen-bond acceptors (Lipinski definition) is 5. The number of carbonyl (C=O) groups excluding carboxylic acids is 1. The molecule has 2 aliphatic rings. The first-order valence-corrected chi connectivity index (χ1v) is 16.8. The van der Waals surface area contributed by atoms with Gasteiger partial charge in [0.15, 0.2) is 5.17 Å². The van der Waals surface area contributed by atoms with Crippen molar-refractivity contribution in [2.24, 2.45) is 4.99 Å². The van der Waals surface area contributed by atoms with Crippen LogP contribution in [0.15, 0.2) is 89.1 Å². The van der Waals surface area contributed by atoms with Crippen molar-refractivity contribution in [3.8, 4) is 11.1 Å². The van der Waals surface area contributed by atoms with E-state index in [1.807, 2.05) is 29.2 Å². The Bertz CT molecular complexity index is 1530. The molecule has 5 rings (SSSR count). The lowest BCUT2D eigenvalue weighted by molar-refractivity contribution is -0.137. The van der Waals surface area contributed by atoms with Gasteiger partial charge >= 0.3 is 6.18 Å². The van der Waals surface area contributed by atoms with Gasteiger partial charge in [-0.15, -0.1) is 0 Å². The number of halogens is 4. The van der Waals surface area contributed by atoms with Crippen molar-refractivity contribution in [3.63, 3.8) is 0 Å². The molecule has 0 unspecified atom stereocenters. The van der Waals surface area contributed by atoms with Gasteiger partial charge < -0.3 is 14.7 Å². The second kappa shape index (κ2) is 15.3. The Morgan fingerprint density at radius 2 is 1.50 bits per heavy atom. The van der Waals surface area contributed by atoms with E-state index in [2.05, 4.69) is 23.6 Å². The number of carbonyl (C=O) groups is 1. The normalized spacial score (nSPS) is 14.9. The fraction of sp³-hybridized carbons (Fsp3) is 0.389. The number of amides is 1. The summed E-state index contributed by atoms with van der Waals surface area (Å²) in [5.74, 6) is 0.370. The van der Waals surface area contributed by atoms with Crippen LogP contribution >= 0.6 is 11.8 Å². The molecule has 1 aliphatic heterocycles. The lowest BCUT2D eigenvalue weighted by atomic mass is 10.0. The Labute approximate surface area is 273 Å². The van der Waals surface area contributed by atoms with Gasteiger partial charge in [-0.05, 0) is 84.4 Å². The van der Waals surface area contributed by atoms with E-state index in [0.29, 0.717) is 31.0 Å². The number of aliphatic imine (C=N–C) groups is 1. The van der Waals surface area contributed by atoms with Gasteiger partial charge in [-0.25, -0.2) is 4.39 Å². The molecule has 1 aliphatic carbocycles. The minimum Gasteiger partial charge on any atom is -0.336 e. The van der Waals surface area contributed by atoms with Crippen molar-refractivity contribution in [1.82, 2.24) is 14.7 Å². The Morgan fingerprint density at radius 1 is 0.870 bits per heavy atom. The Hall–Kier alpha value is -3.63. The molecule has 0 spiro atoms. The van der Waals surface area contributed by atoms with E-state index in [9.17, 15) is 22.4 Å². The number of amidine groups is 1. The fourth-order valence-electron chi connectivity index (χ4n) is 5.87. The highest BCUT2D eigenvalue weighted by atomic mass is 32.2. The van der Waals surface area contributed by atoms with Crippen molar-refractivity contribution in [1.29, 1.82) is 0 Å². The highest BCUT2D eigenvalue weighted by Gasteiger charge is 2.31. The summed E-state index contributed by atoms with van der Waals surface area (Å²) in [6.07, 6.45) is -1.40. The minimum atomic E-state index is -4.37. The summed E-state index contributed by atoms with van der Waals surface area (Å²) in [5.41, 5.74) is 5.28. The highest BCUT2D eigenvalue weighted by Crippen LogP contribution is 2.35. The van der Waals surface area contributed by atoms with Gasteiger partial charge in [0, 0.05) is 31.1 Å². The third-order valence-corrected chi connectivity index (χ3v) is 9.73. The molecular formula is C36H40F4N4OS. The van der Waals surface area contributed by atoms with Crippen molar-refractivity contribution >= 4 is 22.8 Å². The smallest absolute Gasteiger partial charge is 0.336 e. The molecule has 0 atom stereocenters. The molecule has 244 valence electrons. The zero-order valence-electron chi connectivity index (χ0n) is 26.3. The topological polar surface area (TPSA) is 39.1 Å². The summed E-state index contributed by atoms with van der Waals surface area (Å²) >= 11 is 1.58. The maximum atomic E-state index is 14.1. The second-order valence-electron chi connectivity index (χ2n) is 11.6. The average Bonchev–Trinajstić information content (AvgIpc) is 3.54. The van der Waals surface area contributed by atoms with Gasteiger partial charge in [0.05, 0.1) is 12.1 Å². The van der Waals surface area contributed by atoms with Crippen molar-refractivity contribution < 1.29 is 22.4 Å². The number of allylic oxidation sites excluding steroid dienone is 1. The summed E-state index contributed by atoms with van der Waals surface area (Å²) in [5, 5.41) is 0.822. The lowest BCUT2D eigenvalue weighted by Crippen LogP contribution is -2.45. The molecule has 0 fully saturated rings. The molecule has 0 saturated carbocycles. The molecule has 1 amide bonds. The van der Waals surface area contributed by atoms with Crippen LogP contribution in [0.2, 0.25) is 0 Å². The molecular weight excluding hydrogens is 612 g/mol. The van der Waals surface area contributed by atoms with E-state index in [1.165, 1.54) is 35.5 Å². The van der Waals surface area contributed by atoms with Crippen molar-refractivity contribution in [2.45, 2.75) is 51.6 Å². The number of likely N-dealkylation sites (N-methyl/N-ethyl adjacent to an activating group) is 1. The van der Waals surface area contributed by atoms with Gasteiger partial charge in [0.25, 0.3) is 0 Å². The largest absolute Gasteiger partial charge is 0.416 e. The molecule has 10 heteroatoms. The van der Waals surface area contributed by atoms with E-state index in [0.717, 1.165) is 72.9 Å². The quantitative estimate of drug-likeness (QED) is 0.185. The molecule has 3 aromatic carbocycles. The highest BCUT2D eigenvalue weighted by molar-refractivity contribution is 8.13. The molecule has 5 nitrogen and oxygen atoms in total. The number of rotatable bonds is 12. The fourth-order valence-corrected chi connectivity index (χ4v) is 6.84.